The summed E-state index contributed by atoms with van der Waals surface area (Å²) in [7, 11) is 0. The first kappa shape index (κ1) is 19.5. The highest BCUT2D eigenvalue weighted by Gasteiger charge is 2.17. The summed E-state index contributed by atoms with van der Waals surface area (Å²) in [5.41, 5.74) is 4.58. The van der Waals surface area contributed by atoms with Crippen molar-refractivity contribution in [2.24, 2.45) is 0 Å². The van der Waals surface area contributed by atoms with E-state index in [4.69, 9.17) is 9.72 Å². The van der Waals surface area contributed by atoms with E-state index >= 15 is 0 Å². The molecule has 1 N–H and O–H groups in total. The monoisotopic (exact) mass is 427 g/mol. The first-order valence-corrected chi connectivity index (χ1v) is 11.2. The zero-order valence-electron chi connectivity index (χ0n) is 17.0. The van der Waals surface area contributed by atoms with Crippen molar-refractivity contribution in [1.29, 1.82) is 0 Å². The number of thioether (sulfide) groups is 1. The van der Waals surface area contributed by atoms with Gasteiger partial charge < -0.3 is 9.72 Å². The standard InChI is InChI=1S/C25H21N3O2S/c1-2-30-18-13-11-17(12-14-18)28-23-10-6-5-9-22(23)27-25(28)31-16-24(29)20-15-26-21-8-4-3-7-19(20)21/h3-15,26H,2,16H2,1H3. The number of H-pyrrole nitrogens is 1. The second kappa shape index (κ2) is 8.32. The molecule has 0 saturated heterocycles. The number of nitrogens with one attached hydrogen (secondary N) is 1. The SMILES string of the molecule is CCOc1ccc(-n2c(SCC(=O)c3c[nH]c4ccccc34)nc3ccccc32)cc1. The third-order valence-corrected chi connectivity index (χ3v) is 6.10. The molecule has 3 aromatic carbocycles. The van der Waals surface area contributed by atoms with Gasteiger partial charge in [0, 0.05) is 28.4 Å². The number of carbonyl (C=O) groups is 1. The minimum absolute atomic E-state index is 0.0766. The van der Waals surface area contributed by atoms with Gasteiger partial charge in [0.15, 0.2) is 10.9 Å². The molecule has 154 valence electrons. The number of carbonyl (C=O) groups excluding carboxylic acids is 1. The first-order chi connectivity index (χ1) is 15.2. The summed E-state index contributed by atoms with van der Waals surface area (Å²) in [6.45, 7) is 2.60. The van der Waals surface area contributed by atoms with Gasteiger partial charge in [0.05, 0.1) is 23.4 Å². The molecule has 5 nitrogen and oxygen atoms in total. The highest BCUT2D eigenvalue weighted by atomic mass is 32.2. The van der Waals surface area contributed by atoms with E-state index in [1.807, 2.05) is 79.7 Å². The Morgan fingerprint density at radius 1 is 1.03 bits per heavy atom. The smallest absolute Gasteiger partial charge is 0.175 e. The molecule has 5 rings (SSSR count). The van der Waals surface area contributed by atoms with Crippen LogP contribution >= 0.6 is 11.8 Å². The van der Waals surface area contributed by atoms with Crippen molar-refractivity contribution in [3.8, 4) is 11.4 Å². The number of hydrogen-bond donors (Lipinski definition) is 1. The predicted molar refractivity (Wildman–Crippen MR) is 126 cm³/mol. The number of aromatic amines is 1. The third-order valence-electron chi connectivity index (χ3n) is 5.16. The number of imidazole rings is 1. The largest absolute Gasteiger partial charge is 0.494 e. The van der Waals surface area contributed by atoms with Crippen molar-refractivity contribution in [1.82, 2.24) is 14.5 Å². The molecule has 0 unspecified atom stereocenters. The number of rotatable bonds is 7. The van der Waals surface area contributed by atoms with Crippen molar-refractivity contribution in [3.63, 3.8) is 0 Å². The highest BCUT2D eigenvalue weighted by Crippen LogP contribution is 2.30. The Bertz CT molecular complexity index is 1370. The van der Waals surface area contributed by atoms with E-state index in [2.05, 4.69) is 9.55 Å². The van der Waals surface area contributed by atoms with Crippen molar-refractivity contribution in [2.45, 2.75) is 12.1 Å². The number of fused-ring (bicyclic) bond motifs is 2. The van der Waals surface area contributed by atoms with Crippen LogP contribution < -0.4 is 4.74 Å². The van der Waals surface area contributed by atoms with E-state index in [0.717, 1.165) is 38.5 Å². The lowest BCUT2D eigenvalue weighted by molar-refractivity contribution is 0.102. The van der Waals surface area contributed by atoms with Crippen LogP contribution in [-0.2, 0) is 0 Å². The van der Waals surface area contributed by atoms with Crippen LogP contribution in [0.5, 0.6) is 5.75 Å². The number of nitrogens with zero attached hydrogens (tertiary/aromatic N) is 2. The van der Waals surface area contributed by atoms with E-state index < -0.39 is 0 Å². The van der Waals surface area contributed by atoms with E-state index in [1.165, 1.54) is 11.8 Å². The summed E-state index contributed by atoms with van der Waals surface area (Å²) in [5, 5.41) is 1.74. The Morgan fingerprint density at radius 3 is 2.65 bits per heavy atom. The van der Waals surface area contributed by atoms with Crippen LogP contribution in [0.2, 0.25) is 0 Å². The van der Waals surface area contributed by atoms with E-state index in [0.29, 0.717) is 17.9 Å². The van der Waals surface area contributed by atoms with Gasteiger partial charge in [-0.25, -0.2) is 4.98 Å². The number of hydrogen-bond acceptors (Lipinski definition) is 4. The maximum Gasteiger partial charge on any atom is 0.175 e. The Balaban J connectivity index is 1.47. The highest BCUT2D eigenvalue weighted by molar-refractivity contribution is 7.99. The summed E-state index contributed by atoms with van der Waals surface area (Å²) in [5.74, 6) is 1.22. The molecule has 0 saturated carbocycles. The van der Waals surface area contributed by atoms with Gasteiger partial charge in [-0.2, -0.15) is 0 Å². The number of ketones is 1. The summed E-state index contributed by atoms with van der Waals surface area (Å²) < 4.78 is 7.67. The van der Waals surface area contributed by atoms with Gasteiger partial charge in [-0.05, 0) is 49.4 Å². The molecule has 31 heavy (non-hydrogen) atoms. The van der Waals surface area contributed by atoms with E-state index in [-0.39, 0.29) is 5.78 Å². The second-order valence-corrected chi connectivity index (χ2v) is 8.05. The molecule has 5 aromatic rings. The quantitative estimate of drug-likeness (QED) is 0.260. The van der Waals surface area contributed by atoms with Gasteiger partial charge in [0.1, 0.15) is 5.75 Å². The molecule has 2 aromatic heterocycles. The first-order valence-electron chi connectivity index (χ1n) is 10.2. The van der Waals surface area contributed by atoms with Crippen LogP contribution in [0, 0.1) is 0 Å². The van der Waals surface area contributed by atoms with Gasteiger partial charge in [-0.15, -0.1) is 0 Å². The van der Waals surface area contributed by atoms with E-state index in [1.54, 1.807) is 6.20 Å². The van der Waals surface area contributed by atoms with E-state index in [9.17, 15) is 4.79 Å². The van der Waals surface area contributed by atoms with Crippen molar-refractivity contribution in [3.05, 3.63) is 84.6 Å². The Hall–Kier alpha value is -3.51. The Kier molecular flexibility index (Phi) is 5.22. The third kappa shape index (κ3) is 3.70. The topological polar surface area (TPSA) is 59.9 Å². The van der Waals surface area contributed by atoms with Crippen molar-refractivity contribution >= 4 is 39.5 Å². The summed E-state index contributed by atoms with van der Waals surface area (Å²) in [6.07, 6.45) is 1.79. The van der Waals surface area contributed by atoms with Crippen molar-refractivity contribution in [2.75, 3.05) is 12.4 Å². The predicted octanol–water partition coefficient (Wildman–Crippen LogP) is 5.88. The fraction of sp³-hybridized carbons (Fsp3) is 0.120. The van der Waals surface area contributed by atoms with Crippen LogP contribution in [0.15, 0.2) is 84.1 Å². The summed E-state index contributed by atoms with van der Waals surface area (Å²) in [4.78, 5) is 21.0. The molecule has 0 aliphatic carbocycles. The Labute approximate surface area is 184 Å². The lowest BCUT2D eigenvalue weighted by Gasteiger charge is -2.10. The lowest BCUT2D eigenvalue weighted by atomic mass is 10.1. The van der Waals surface area contributed by atoms with Crippen LogP contribution in [0.3, 0.4) is 0 Å². The van der Waals surface area contributed by atoms with Gasteiger partial charge in [-0.1, -0.05) is 42.1 Å². The van der Waals surface area contributed by atoms with Crippen molar-refractivity contribution < 1.29 is 9.53 Å². The molecule has 0 amide bonds. The molecule has 0 aliphatic rings. The maximum atomic E-state index is 13.0. The summed E-state index contributed by atoms with van der Waals surface area (Å²) in [6, 6.07) is 23.8. The minimum atomic E-state index is 0.0766. The van der Waals surface area contributed by atoms with Gasteiger partial charge >= 0.3 is 0 Å². The number of ether oxygens (including phenoxy) is 1. The average Bonchev–Trinajstić information content (AvgIpc) is 3.40. The molecule has 0 fully saturated rings. The molecule has 0 bridgehead atoms. The molecular weight excluding hydrogens is 406 g/mol. The fourth-order valence-electron chi connectivity index (χ4n) is 3.72. The molecule has 0 radical (unpaired) electrons. The molecule has 6 heteroatoms. The molecule has 0 spiro atoms. The van der Waals surface area contributed by atoms with Crippen LogP contribution in [0.25, 0.3) is 27.6 Å². The fourth-order valence-corrected chi connectivity index (χ4v) is 4.63. The summed E-state index contributed by atoms with van der Waals surface area (Å²) >= 11 is 1.45. The number of benzene rings is 3. The van der Waals surface area contributed by atoms with Gasteiger partial charge in [0.2, 0.25) is 0 Å². The zero-order chi connectivity index (χ0) is 21.2. The van der Waals surface area contributed by atoms with Crippen LogP contribution in [-0.4, -0.2) is 32.7 Å². The molecule has 0 atom stereocenters. The molecule has 2 heterocycles. The second-order valence-electron chi connectivity index (χ2n) is 7.11. The number of para-hydroxylation sites is 3. The molecule has 0 aliphatic heterocycles. The van der Waals surface area contributed by atoms with Crippen LogP contribution in [0.4, 0.5) is 0 Å². The van der Waals surface area contributed by atoms with Crippen LogP contribution in [0.1, 0.15) is 17.3 Å². The zero-order valence-corrected chi connectivity index (χ0v) is 17.9. The van der Waals surface area contributed by atoms with Gasteiger partial charge in [0.25, 0.3) is 0 Å². The lowest BCUT2D eigenvalue weighted by Crippen LogP contribution is -2.04. The molecular formula is C25H21N3O2S. The maximum absolute atomic E-state index is 13.0. The minimum Gasteiger partial charge on any atom is -0.494 e. The van der Waals surface area contributed by atoms with Gasteiger partial charge in [-0.3, -0.25) is 9.36 Å². The Morgan fingerprint density at radius 2 is 1.81 bits per heavy atom. The normalized spacial score (nSPS) is 11.3. The number of aromatic nitrogens is 3. The average molecular weight is 428 g/mol. The number of Topliss-reactive ketones (excluding diaryl/α,β-unsaturated/α-hetero) is 1.